The summed E-state index contributed by atoms with van der Waals surface area (Å²) in [5, 5.41) is 0. The Balaban J connectivity index is 0.980. The zero-order valence-electron chi connectivity index (χ0n) is 39.9. The van der Waals surface area contributed by atoms with Crippen molar-refractivity contribution in [1.82, 2.24) is 0 Å². The van der Waals surface area contributed by atoms with Crippen molar-refractivity contribution >= 4 is 17.1 Å². The summed E-state index contributed by atoms with van der Waals surface area (Å²) < 4.78 is 0. The van der Waals surface area contributed by atoms with Gasteiger partial charge in [0.1, 0.15) is 0 Å². The maximum absolute atomic E-state index is 2.51. The molecule has 330 valence electrons. The van der Waals surface area contributed by atoms with E-state index in [9.17, 15) is 0 Å². The summed E-state index contributed by atoms with van der Waals surface area (Å²) in [4.78, 5) is 2.51. The van der Waals surface area contributed by atoms with E-state index in [-0.39, 0.29) is 16.2 Å². The molecule has 0 heterocycles. The van der Waals surface area contributed by atoms with E-state index in [1.807, 2.05) is 0 Å². The van der Waals surface area contributed by atoms with Crippen molar-refractivity contribution < 1.29 is 0 Å². The van der Waals surface area contributed by atoms with Gasteiger partial charge in [-0.25, -0.2) is 0 Å². The lowest BCUT2D eigenvalue weighted by atomic mass is 9.74. The van der Waals surface area contributed by atoms with Crippen LogP contribution in [0.5, 0.6) is 0 Å². The second-order valence-corrected chi connectivity index (χ2v) is 20.5. The van der Waals surface area contributed by atoms with Crippen molar-refractivity contribution in [2.75, 3.05) is 4.90 Å². The standard InChI is InChI=1S/C68H53N/c1-66(2)58-29-15-11-26-55(58)65-54(27-19-31-61(65)66)53-25-13-18-33-64(53)69(63-32-17-12-22-49(63)46-36-40-52-50-23-9-14-28-57(50)67(3,4)62(52)43-46)48-38-34-44(35-39-48)45-37-41-60-56(42-45)51-24-10-16-30-59(51)68(60,5)47-20-7-6-8-21-47/h6-43H,1-5H3. The van der Waals surface area contributed by atoms with Gasteiger partial charge in [-0.05, 0) is 138 Å². The van der Waals surface area contributed by atoms with E-state index in [4.69, 9.17) is 0 Å². The average molecular weight is 884 g/mol. The Morgan fingerprint density at radius 2 is 0.754 bits per heavy atom. The molecule has 1 atom stereocenters. The molecular weight excluding hydrogens is 831 g/mol. The second kappa shape index (κ2) is 15.3. The summed E-state index contributed by atoms with van der Waals surface area (Å²) in [5.74, 6) is 0. The molecule has 3 aliphatic carbocycles. The van der Waals surface area contributed by atoms with E-state index in [2.05, 4.69) is 270 Å². The van der Waals surface area contributed by atoms with Crippen LogP contribution in [-0.2, 0) is 16.2 Å². The van der Waals surface area contributed by atoms with Crippen LogP contribution in [0.2, 0.25) is 0 Å². The molecule has 0 N–H and O–H groups in total. The van der Waals surface area contributed by atoms with Gasteiger partial charge in [-0.15, -0.1) is 0 Å². The van der Waals surface area contributed by atoms with Crippen LogP contribution in [0.3, 0.4) is 0 Å². The van der Waals surface area contributed by atoms with E-state index in [1.165, 1.54) is 106 Å². The third kappa shape index (κ3) is 6.03. The monoisotopic (exact) mass is 883 g/mol. The van der Waals surface area contributed by atoms with Gasteiger partial charge in [0.15, 0.2) is 0 Å². The Kier molecular flexibility index (Phi) is 9.11. The Morgan fingerprint density at radius 1 is 0.275 bits per heavy atom. The molecule has 0 saturated heterocycles. The first kappa shape index (κ1) is 41.2. The highest BCUT2D eigenvalue weighted by Gasteiger charge is 2.41. The lowest BCUT2D eigenvalue weighted by Crippen LogP contribution is -2.22. The fourth-order valence-corrected chi connectivity index (χ4v) is 12.6. The first-order chi connectivity index (χ1) is 33.6. The number of para-hydroxylation sites is 2. The van der Waals surface area contributed by atoms with E-state index in [0.717, 1.165) is 17.1 Å². The molecule has 69 heavy (non-hydrogen) atoms. The third-order valence-electron chi connectivity index (χ3n) is 16.2. The molecule has 0 spiro atoms. The van der Waals surface area contributed by atoms with Crippen LogP contribution in [-0.4, -0.2) is 0 Å². The predicted octanol–water partition coefficient (Wildman–Crippen LogP) is 18.1. The second-order valence-electron chi connectivity index (χ2n) is 20.5. The number of hydrogen-bond acceptors (Lipinski definition) is 1. The predicted molar refractivity (Wildman–Crippen MR) is 290 cm³/mol. The highest BCUT2D eigenvalue weighted by molar-refractivity contribution is 6.00. The van der Waals surface area contributed by atoms with Crippen molar-refractivity contribution in [3.05, 3.63) is 269 Å². The molecule has 0 radical (unpaired) electrons. The third-order valence-corrected chi connectivity index (χ3v) is 16.2. The molecule has 1 heteroatoms. The summed E-state index contributed by atoms with van der Waals surface area (Å²) in [6.07, 6.45) is 0. The molecule has 10 aromatic carbocycles. The Hall–Kier alpha value is -8.00. The minimum absolute atomic E-state index is 0.111. The van der Waals surface area contributed by atoms with Crippen LogP contribution >= 0.6 is 0 Å². The summed E-state index contributed by atoms with van der Waals surface area (Å²) in [7, 11) is 0. The number of rotatable bonds is 7. The van der Waals surface area contributed by atoms with Crippen molar-refractivity contribution in [2.45, 2.75) is 50.9 Å². The molecule has 10 aromatic rings. The van der Waals surface area contributed by atoms with Crippen LogP contribution in [0, 0.1) is 0 Å². The molecule has 0 aromatic heterocycles. The van der Waals surface area contributed by atoms with Crippen LogP contribution in [0.4, 0.5) is 17.1 Å². The molecular formula is C68H53N. The van der Waals surface area contributed by atoms with Crippen molar-refractivity contribution in [1.29, 1.82) is 0 Å². The maximum atomic E-state index is 2.51. The first-order valence-corrected chi connectivity index (χ1v) is 24.5. The van der Waals surface area contributed by atoms with Gasteiger partial charge in [-0.2, -0.15) is 0 Å². The van der Waals surface area contributed by atoms with Gasteiger partial charge in [0.05, 0.1) is 11.4 Å². The van der Waals surface area contributed by atoms with E-state index in [0.29, 0.717) is 0 Å². The quantitative estimate of drug-likeness (QED) is 0.154. The zero-order chi connectivity index (χ0) is 46.6. The summed E-state index contributed by atoms with van der Waals surface area (Å²) in [6.45, 7) is 11.9. The minimum atomic E-state index is -0.230. The van der Waals surface area contributed by atoms with Gasteiger partial charge >= 0.3 is 0 Å². The van der Waals surface area contributed by atoms with Crippen LogP contribution < -0.4 is 4.90 Å². The van der Waals surface area contributed by atoms with Crippen LogP contribution in [0.25, 0.3) is 66.8 Å². The first-order valence-electron chi connectivity index (χ1n) is 24.5. The smallest absolute Gasteiger partial charge is 0.0540 e. The highest BCUT2D eigenvalue weighted by atomic mass is 15.1. The largest absolute Gasteiger partial charge is 0.309 e. The fraction of sp³-hybridized carbons (Fsp3) is 0.118. The van der Waals surface area contributed by atoms with Gasteiger partial charge in [-0.3, -0.25) is 0 Å². The number of fused-ring (bicyclic) bond motifs is 9. The van der Waals surface area contributed by atoms with E-state index < -0.39 is 0 Å². The maximum Gasteiger partial charge on any atom is 0.0540 e. The lowest BCUT2D eigenvalue weighted by Gasteiger charge is -2.31. The molecule has 1 nitrogen and oxygen atoms in total. The van der Waals surface area contributed by atoms with Crippen molar-refractivity contribution in [2.24, 2.45) is 0 Å². The average Bonchev–Trinajstić information content (AvgIpc) is 3.90. The zero-order valence-corrected chi connectivity index (χ0v) is 39.9. The number of benzene rings is 10. The molecule has 0 saturated carbocycles. The van der Waals surface area contributed by atoms with Gasteiger partial charge in [0, 0.05) is 33.1 Å². The molecule has 13 rings (SSSR count). The molecule has 0 aliphatic heterocycles. The molecule has 0 fully saturated rings. The van der Waals surface area contributed by atoms with Crippen LogP contribution in [0.1, 0.15) is 73.6 Å². The number of anilines is 3. The molecule has 0 bridgehead atoms. The summed E-state index contributed by atoms with van der Waals surface area (Å²) >= 11 is 0. The van der Waals surface area contributed by atoms with E-state index in [1.54, 1.807) is 0 Å². The minimum Gasteiger partial charge on any atom is -0.309 e. The number of nitrogens with zero attached hydrogens (tertiary/aromatic N) is 1. The highest BCUT2D eigenvalue weighted by Crippen LogP contribution is 2.56. The van der Waals surface area contributed by atoms with Gasteiger partial charge in [0.25, 0.3) is 0 Å². The summed E-state index contributed by atoms with van der Waals surface area (Å²) in [5.41, 5.74) is 27.6. The van der Waals surface area contributed by atoms with Crippen molar-refractivity contribution in [3.8, 4) is 66.8 Å². The van der Waals surface area contributed by atoms with Gasteiger partial charge in [-0.1, -0.05) is 222 Å². The molecule has 1 unspecified atom stereocenters. The normalized spacial score (nSPS) is 16.2. The SMILES string of the molecule is CC1(C)c2ccccc2-c2ccc(-c3ccccc3N(c3ccc(-c4ccc5c(c4)-c4ccccc4C5(C)c4ccccc4)cc3)c3ccccc3-c3cccc4c3-c3ccccc3C4(C)C)cc21. The van der Waals surface area contributed by atoms with Crippen molar-refractivity contribution in [3.63, 3.8) is 0 Å². The molecule has 0 amide bonds. The topological polar surface area (TPSA) is 3.24 Å². The number of hydrogen-bond donors (Lipinski definition) is 0. The van der Waals surface area contributed by atoms with E-state index >= 15 is 0 Å². The lowest BCUT2D eigenvalue weighted by molar-refractivity contribution is 0.660. The molecule has 3 aliphatic rings. The Morgan fingerprint density at radius 3 is 1.48 bits per heavy atom. The fourth-order valence-electron chi connectivity index (χ4n) is 12.6. The van der Waals surface area contributed by atoms with Gasteiger partial charge in [0.2, 0.25) is 0 Å². The Labute approximate surface area is 407 Å². The van der Waals surface area contributed by atoms with Gasteiger partial charge < -0.3 is 4.90 Å². The Bertz CT molecular complexity index is 3680. The van der Waals surface area contributed by atoms with Crippen LogP contribution in [0.15, 0.2) is 231 Å². The summed E-state index contributed by atoms with van der Waals surface area (Å²) in [6, 6.07) is 86.4.